The highest BCUT2D eigenvalue weighted by Crippen LogP contribution is 1.77. The van der Waals surface area contributed by atoms with Gasteiger partial charge in [0.15, 0.2) is 0 Å². The van der Waals surface area contributed by atoms with Gasteiger partial charge in [0, 0.05) is 20.1 Å². The van der Waals surface area contributed by atoms with Crippen molar-refractivity contribution in [2.45, 2.75) is 19.9 Å². The molecular weight excluding hydrogens is 182 g/mol. The molecule has 0 aliphatic rings. The third-order valence-electron chi connectivity index (χ3n) is 1.51. The van der Waals surface area contributed by atoms with Gasteiger partial charge in [0.05, 0.1) is 13.1 Å². The number of nitrogens with one attached hydrogen (secondary N) is 2. The molecule has 0 aliphatic carbocycles. The summed E-state index contributed by atoms with van der Waals surface area (Å²) in [5.41, 5.74) is 0. The largest absolute Gasteiger partial charge is 0.353 e. The van der Waals surface area contributed by atoms with E-state index in [0.717, 1.165) is 0 Å². The van der Waals surface area contributed by atoms with Crippen molar-refractivity contribution >= 4 is 11.8 Å². The molecule has 0 saturated carbocycles. The normalized spacial score (nSPS) is 10.1. The van der Waals surface area contributed by atoms with Gasteiger partial charge in [-0.3, -0.25) is 14.9 Å². The molecule has 0 aromatic carbocycles. The third kappa shape index (κ3) is 6.42. The average molecular weight is 201 g/mol. The number of likely N-dealkylation sites (N-methyl/N-ethyl adjacent to an activating group) is 1. The third-order valence-corrected chi connectivity index (χ3v) is 1.51. The van der Waals surface area contributed by atoms with Gasteiger partial charge in [-0.2, -0.15) is 0 Å². The fourth-order valence-electron chi connectivity index (χ4n) is 0.814. The van der Waals surface area contributed by atoms with Crippen LogP contribution in [0.25, 0.3) is 0 Å². The average Bonchev–Trinajstić information content (AvgIpc) is 2.02. The van der Waals surface area contributed by atoms with E-state index in [-0.39, 0.29) is 30.9 Å². The SMILES string of the molecule is CC(C)NC(=O)CNCC(=O)N(C)C. The van der Waals surface area contributed by atoms with Gasteiger partial charge in [-0.05, 0) is 13.8 Å². The zero-order valence-corrected chi connectivity index (χ0v) is 9.26. The highest BCUT2D eigenvalue weighted by Gasteiger charge is 2.05. The molecule has 0 bridgehead atoms. The van der Waals surface area contributed by atoms with Crippen LogP contribution in [-0.4, -0.2) is 49.9 Å². The quantitative estimate of drug-likeness (QED) is 0.611. The van der Waals surface area contributed by atoms with Crippen molar-refractivity contribution in [1.82, 2.24) is 15.5 Å². The molecule has 0 unspecified atom stereocenters. The second kappa shape index (κ2) is 6.37. The summed E-state index contributed by atoms with van der Waals surface area (Å²) in [6.45, 7) is 4.15. The second-order valence-electron chi connectivity index (χ2n) is 3.61. The first-order valence-corrected chi connectivity index (χ1v) is 4.63. The van der Waals surface area contributed by atoms with Crippen molar-refractivity contribution in [3.05, 3.63) is 0 Å². The van der Waals surface area contributed by atoms with Crippen LogP contribution < -0.4 is 10.6 Å². The first-order chi connectivity index (χ1) is 6.43. The summed E-state index contributed by atoms with van der Waals surface area (Å²) in [4.78, 5) is 23.7. The van der Waals surface area contributed by atoms with Crippen molar-refractivity contribution in [2.75, 3.05) is 27.2 Å². The monoisotopic (exact) mass is 201 g/mol. The fraction of sp³-hybridized carbons (Fsp3) is 0.778. The molecule has 0 aromatic rings. The lowest BCUT2D eigenvalue weighted by molar-refractivity contribution is -0.127. The molecule has 2 amide bonds. The Morgan fingerprint density at radius 3 is 2.21 bits per heavy atom. The summed E-state index contributed by atoms with van der Waals surface area (Å²) in [5, 5.41) is 5.49. The molecule has 14 heavy (non-hydrogen) atoms. The van der Waals surface area contributed by atoms with Crippen LogP contribution in [-0.2, 0) is 9.59 Å². The van der Waals surface area contributed by atoms with Gasteiger partial charge in [0.2, 0.25) is 11.8 Å². The first-order valence-electron chi connectivity index (χ1n) is 4.63. The van der Waals surface area contributed by atoms with Crippen LogP contribution in [0.2, 0.25) is 0 Å². The summed E-state index contributed by atoms with van der Waals surface area (Å²) in [6.07, 6.45) is 0. The minimum Gasteiger partial charge on any atom is -0.353 e. The number of amides is 2. The molecule has 0 heterocycles. The van der Waals surface area contributed by atoms with E-state index in [1.165, 1.54) is 4.90 Å². The molecular formula is C9H19N3O2. The summed E-state index contributed by atoms with van der Waals surface area (Å²) in [5.74, 6) is -0.131. The maximum atomic E-state index is 11.1. The first kappa shape index (κ1) is 12.9. The maximum Gasteiger partial charge on any atom is 0.236 e. The number of nitrogens with zero attached hydrogens (tertiary/aromatic N) is 1. The van der Waals surface area contributed by atoms with Crippen LogP contribution in [0.1, 0.15) is 13.8 Å². The molecule has 0 rings (SSSR count). The van der Waals surface area contributed by atoms with Gasteiger partial charge >= 0.3 is 0 Å². The number of hydrogen-bond acceptors (Lipinski definition) is 3. The van der Waals surface area contributed by atoms with Gasteiger partial charge in [-0.15, -0.1) is 0 Å². The van der Waals surface area contributed by atoms with Gasteiger partial charge in [-0.25, -0.2) is 0 Å². The lowest BCUT2D eigenvalue weighted by Gasteiger charge is -2.11. The summed E-state index contributed by atoms with van der Waals surface area (Å²) in [6, 6.07) is 0.133. The molecule has 0 spiro atoms. The van der Waals surface area contributed by atoms with Crippen LogP contribution in [0.4, 0.5) is 0 Å². The number of carbonyl (C=O) groups is 2. The molecule has 0 fully saturated rings. The molecule has 0 radical (unpaired) electrons. The Balaban J connectivity index is 3.54. The van der Waals surface area contributed by atoms with Crippen molar-refractivity contribution in [3.8, 4) is 0 Å². The Morgan fingerprint density at radius 2 is 1.79 bits per heavy atom. The predicted molar refractivity (Wildman–Crippen MR) is 54.8 cm³/mol. The summed E-state index contributed by atoms with van der Waals surface area (Å²) < 4.78 is 0. The lowest BCUT2D eigenvalue weighted by atomic mass is 10.4. The Morgan fingerprint density at radius 1 is 1.21 bits per heavy atom. The van der Waals surface area contributed by atoms with E-state index in [4.69, 9.17) is 0 Å². The topological polar surface area (TPSA) is 61.4 Å². The number of carbonyl (C=O) groups excluding carboxylic acids is 2. The van der Waals surface area contributed by atoms with Crippen LogP contribution in [0.15, 0.2) is 0 Å². The van der Waals surface area contributed by atoms with Crippen molar-refractivity contribution in [1.29, 1.82) is 0 Å². The Bertz CT molecular complexity index is 202. The highest BCUT2D eigenvalue weighted by molar-refractivity contribution is 5.81. The fourth-order valence-corrected chi connectivity index (χ4v) is 0.814. The van der Waals surface area contributed by atoms with E-state index in [2.05, 4.69) is 10.6 Å². The predicted octanol–water partition coefficient (Wildman–Crippen LogP) is -0.811. The Labute approximate surface area is 84.8 Å². The van der Waals surface area contributed by atoms with Crippen molar-refractivity contribution < 1.29 is 9.59 Å². The van der Waals surface area contributed by atoms with E-state index in [0.29, 0.717) is 0 Å². The van der Waals surface area contributed by atoms with E-state index >= 15 is 0 Å². The van der Waals surface area contributed by atoms with Crippen LogP contribution in [0, 0.1) is 0 Å². The van der Waals surface area contributed by atoms with Gasteiger partial charge in [-0.1, -0.05) is 0 Å². The number of hydrogen-bond donors (Lipinski definition) is 2. The van der Waals surface area contributed by atoms with Crippen LogP contribution in [0.5, 0.6) is 0 Å². The second-order valence-corrected chi connectivity index (χ2v) is 3.61. The van der Waals surface area contributed by atoms with E-state index in [9.17, 15) is 9.59 Å². The smallest absolute Gasteiger partial charge is 0.236 e. The summed E-state index contributed by atoms with van der Waals surface area (Å²) >= 11 is 0. The minimum absolute atomic E-state index is 0.0395. The van der Waals surface area contributed by atoms with Gasteiger partial charge < -0.3 is 10.2 Å². The molecule has 0 aromatic heterocycles. The summed E-state index contributed by atoms with van der Waals surface area (Å²) in [7, 11) is 3.36. The lowest BCUT2D eigenvalue weighted by Crippen LogP contribution is -2.41. The standard InChI is InChI=1S/C9H19N3O2/c1-7(2)11-8(13)5-10-6-9(14)12(3)4/h7,10H,5-6H2,1-4H3,(H,11,13). The molecule has 0 atom stereocenters. The van der Waals surface area contributed by atoms with E-state index in [1.54, 1.807) is 14.1 Å². The van der Waals surface area contributed by atoms with Crippen molar-refractivity contribution in [3.63, 3.8) is 0 Å². The molecule has 2 N–H and O–H groups in total. The van der Waals surface area contributed by atoms with Crippen LogP contribution in [0.3, 0.4) is 0 Å². The zero-order valence-electron chi connectivity index (χ0n) is 9.26. The van der Waals surface area contributed by atoms with Crippen LogP contribution >= 0.6 is 0 Å². The number of rotatable bonds is 5. The van der Waals surface area contributed by atoms with Gasteiger partial charge in [0.1, 0.15) is 0 Å². The van der Waals surface area contributed by atoms with E-state index < -0.39 is 0 Å². The minimum atomic E-state index is -0.0912. The Kier molecular flexibility index (Phi) is 5.87. The maximum absolute atomic E-state index is 11.1. The zero-order chi connectivity index (χ0) is 11.1. The molecule has 5 heteroatoms. The van der Waals surface area contributed by atoms with Gasteiger partial charge in [0.25, 0.3) is 0 Å². The highest BCUT2D eigenvalue weighted by atomic mass is 16.2. The molecule has 0 aliphatic heterocycles. The Hall–Kier alpha value is -1.10. The molecule has 82 valence electrons. The molecule has 5 nitrogen and oxygen atoms in total. The molecule has 0 saturated heterocycles. The van der Waals surface area contributed by atoms with E-state index in [1.807, 2.05) is 13.8 Å². The van der Waals surface area contributed by atoms with Crippen molar-refractivity contribution in [2.24, 2.45) is 0 Å².